The first-order chi connectivity index (χ1) is 8.99. The molecule has 0 atom stereocenters. The quantitative estimate of drug-likeness (QED) is 0.754. The van der Waals surface area contributed by atoms with Crippen LogP contribution in [0, 0.1) is 6.92 Å². The van der Waals surface area contributed by atoms with E-state index in [1.807, 2.05) is 13.0 Å². The zero-order chi connectivity index (χ0) is 14.4. The number of aryl methyl sites for hydroxylation is 2. The number of hydrogen-bond acceptors (Lipinski definition) is 4. The van der Waals surface area contributed by atoms with E-state index in [0.717, 1.165) is 11.3 Å². The Labute approximate surface area is 118 Å². The summed E-state index contributed by atoms with van der Waals surface area (Å²) in [7, 11) is 1.71. The molecule has 0 aromatic carbocycles. The fourth-order valence-electron chi connectivity index (χ4n) is 1.76. The van der Waals surface area contributed by atoms with E-state index in [1.165, 1.54) is 21.8 Å². The molecule has 0 unspecified atom stereocenters. The highest BCUT2D eigenvalue weighted by molar-refractivity contribution is 7.14. The molecule has 0 N–H and O–H groups in total. The second kappa shape index (κ2) is 7.28. The van der Waals surface area contributed by atoms with Gasteiger partial charge in [0.2, 0.25) is 0 Å². The van der Waals surface area contributed by atoms with Crippen molar-refractivity contribution in [3.63, 3.8) is 0 Å². The fraction of sp³-hybridized carbons (Fsp3) is 0.571. The highest BCUT2D eigenvalue weighted by atomic mass is 32.1. The average Bonchev–Trinajstić information content (AvgIpc) is 2.76. The van der Waals surface area contributed by atoms with E-state index >= 15 is 0 Å². The molecule has 0 fully saturated rings. The van der Waals surface area contributed by atoms with E-state index in [-0.39, 0.29) is 18.3 Å². The third-order valence-electron chi connectivity index (χ3n) is 2.92. The molecule has 1 amide bonds. The molecule has 0 saturated carbocycles. The number of carbonyl (C=O) groups excluding carboxylic acids is 2. The average molecular weight is 283 g/mol. The van der Waals surface area contributed by atoms with Gasteiger partial charge in [-0.15, -0.1) is 11.3 Å². The molecular weight excluding hydrogens is 262 g/mol. The Bertz CT molecular complexity index is 454. The van der Waals surface area contributed by atoms with Crippen molar-refractivity contribution in [1.29, 1.82) is 0 Å². The molecule has 0 aliphatic rings. The van der Waals surface area contributed by atoms with Crippen molar-refractivity contribution in [2.24, 2.45) is 0 Å². The minimum absolute atomic E-state index is 0.0305. The van der Waals surface area contributed by atoms with Crippen LogP contribution in [-0.2, 0) is 16.0 Å². The van der Waals surface area contributed by atoms with E-state index in [0.29, 0.717) is 13.2 Å². The predicted molar refractivity (Wildman–Crippen MR) is 76.6 cm³/mol. The Morgan fingerprint density at radius 3 is 2.58 bits per heavy atom. The van der Waals surface area contributed by atoms with Gasteiger partial charge in [0, 0.05) is 18.5 Å². The SMILES string of the molecule is CCOC(=O)CCN(C)C(=O)c1cc(CC)c(C)s1. The van der Waals surface area contributed by atoms with Crippen LogP contribution in [0.2, 0.25) is 0 Å². The van der Waals surface area contributed by atoms with Crippen LogP contribution >= 0.6 is 11.3 Å². The summed E-state index contributed by atoms with van der Waals surface area (Å²) in [5, 5.41) is 0. The maximum atomic E-state index is 12.2. The molecule has 0 spiro atoms. The molecule has 0 saturated heterocycles. The molecule has 4 nitrogen and oxygen atoms in total. The molecule has 0 radical (unpaired) electrons. The van der Waals surface area contributed by atoms with E-state index in [4.69, 9.17) is 4.74 Å². The van der Waals surface area contributed by atoms with Crippen molar-refractivity contribution in [3.8, 4) is 0 Å². The molecule has 0 bridgehead atoms. The smallest absolute Gasteiger partial charge is 0.307 e. The van der Waals surface area contributed by atoms with E-state index in [2.05, 4.69) is 6.92 Å². The van der Waals surface area contributed by atoms with Crippen LogP contribution in [0.3, 0.4) is 0 Å². The number of thiophene rings is 1. The molecule has 19 heavy (non-hydrogen) atoms. The minimum atomic E-state index is -0.265. The van der Waals surface area contributed by atoms with Gasteiger partial charge in [0.1, 0.15) is 0 Å². The fourth-order valence-corrected chi connectivity index (χ4v) is 2.87. The van der Waals surface area contributed by atoms with Crippen LogP contribution < -0.4 is 0 Å². The zero-order valence-corrected chi connectivity index (χ0v) is 12.8. The highest BCUT2D eigenvalue weighted by Crippen LogP contribution is 2.23. The molecule has 0 aliphatic carbocycles. The lowest BCUT2D eigenvalue weighted by atomic mass is 10.2. The van der Waals surface area contributed by atoms with Crippen LogP contribution in [0.4, 0.5) is 0 Å². The summed E-state index contributed by atoms with van der Waals surface area (Å²) in [6, 6.07) is 1.95. The van der Waals surface area contributed by atoms with Gasteiger partial charge in [-0.1, -0.05) is 6.92 Å². The van der Waals surface area contributed by atoms with E-state index in [9.17, 15) is 9.59 Å². The van der Waals surface area contributed by atoms with Crippen molar-refractivity contribution >= 4 is 23.2 Å². The van der Waals surface area contributed by atoms with Crippen molar-refractivity contribution in [3.05, 3.63) is 21.4 Å². The monoisotopic (exact) mass is 283 g/mol. The number of ether oxygens (including phenoxy) is 1. The van der Waals surface area contributed by atoms with Gasteiger partial charge < -0.3 is 9.64 Å². The van der Waals surface area contributed by atoms with Crippen molar-refractivity contribution in [1.82, 2.24) is 4.90 Å². The number of nitrogens with zero attached hydrogens (tertiary/aromatic N) is 1. The summed E-state index contributed by atoms with van der Waals surface area (Å²) in [4.78, 5) is 26.9. The van der Waals surface area contributed by atoms with Crippen molar-refractivity contribution in [2.75, 3.05) is 20.2 Å². The molecule has 1 heterocycles. The van der Waals surface area contributed by atoms with Gasteiger partial charge in [-0.3, -0.25) is 9.59 Å². The predicted octanol–water partition coefficient (Wildman–Crippen LogP) is 2.64. The van der Waals surface area contributed by atoms with Gasteiger partial charge in [-0.25, -0.2) is 0 Å². The highest BCUT2D eigenvalue weighted by Gasteiger charge is 2.16. The summed E-state index contributed by atoms with van der Waals surface area (Å²) in [5.41, 5.74) is 1.21. The minimum Gasteiger partial charge on any atom is -0.466 e. The summed E-state index contributed by atoms with van der Waals surface area (Å²) >= 11 is 1.51. The lowest BCUT2D eigenvalue weighted by Gasteiger charge is -2.15. The van der Waals surface area contributed by atoms with Crippen LogP contribution in [0.1, 0.15) is 40.4 Å². The number of hydrogen-bond donors (Lipinski definition) is 0. The Balaban J connectivity index is 2.58. The van der Waals surface area contributed by atoms with Crippen LogP contribution in [-0.4, -0.2) is 37.0 Å². The van der Waals surface area contributed by atoms with Gasteiger partial charge in [-0.05, 0) is 31.9 Å². The molecular formula is C14H21NO3S. The third-order valence-corrected chi connectivity index (χ3v) is 4.00. The molecule has 1 rings (SSSR count). The van der Waals surface area contributed by atoms with Gasteiger partial charge in [0.25, 0.3) is 5.91 Å². The second-order valence-corrected chi connectivity index (χ2v) is 5.58. The summed E-state index contributed by atoms with van der Waals surface area (Å²) in [6.45, 7) is 6.64. The zero-order valence-electron chi connectivity index (χ0n) is 12.0. The normalized spacial score (nSPS) is 10.3. The first-order valence-corrected chi connectivity index (χ1v) is 7.31. The van der Waals surface area contributed by atoms with E-state index < -0.39 is 0 Å². The standard InChI is InChI=1S/C14H21NO3S/c1-5-11-9-12(19-10(11)3)14(17)15(4)8-7-13(16)18-6-2/h9H,5-8H2,1-4H3. The molecule has 5 heteroatoms. The lowest BCUT2D eigenvalue weighted by Crippen LogP contribution is -2.28. The Morgan fingerprint density at radius 2 is 2.05 bits per heavy atom. The first-order valence-electron chi connectivity index (χ1n) is 6.50. The summed E-state index contributed by atoms with van der Waals surface area (Å²) in [5.74, 6) is -0.296. The molecule has 1 aromatic rings. The Kier molecular flexibility index (Phi) is 6.02. The first kappa shape index (κ1) is 15.7. The molecule has 106 valence electrons. The number of esters is 1. The maximum Gasteiger partial charge on any atom is 0.307 e. The van der Waals surface area contributed by atoms with Gasteiger partial charge in [0.15, 0.2) is 0 Å². The number of rotatable bonds is 6. The Morgan fingerprint density at radius 1 is 1.37 bits per heavy atom. The molecule has 0 aliphatic heterocycles. The van der Waals surface area contributed by atoms with Crippen LogP contribution in [0.5, 0.6) is 0 Å². The van der Waals surface area contributed by atoms with Gasteiger partial charge >= 0.3 is 5.97 Å². The van der Waals surface area contributed by atoms with Gasteiger partial charge in [-0.2, -0.15) is 0 Å². The summed E-state index contributed by atoms with van der Waals surface area (Å²) in [6.07, 6.45) is 1.17. The van der Waals surface area contributed by atoms with Crippen LogP contribution in [0.25, 0.3) is 0 Å². The van der Waals surface area contributed by atoms with Crippen LogP contribution in [0.15, 0.2) is 6.07 Å². The largest absolute Gasteiger partial charge is 0.466 e. The van der Waals surface area contributed by atoms with Gasteiger partial charge in [0.05, 0.1) is 17.9 Å². The maximum absolute atomic E-state index is 12.2. The molecule has 1 aromatic heterocycles. The van der Waals surface area contributed by atoms with E-state index in [1.54, 1.807) is 18.9 Å². The number of carbonyl (C=O) groups is 2. The van der Waals surface area contributed by atoms with Crippen molar-refractivity contribution in [2.45, 2.75) is 33.6 Å². The summed E-state index contributed by atoms with van der Waals surface area (Å²) < 4.78 is 4.84. The second-order valence-electron chi connectivity index (χ2n) is 4.33. The topological polar surface area (TPSA) is 46.6 Å². The third kappa shape index (κ3) is 4.35. The Hall–Kier alpha value is -1.36. The number of amides is 1. The lowest BCUT2D eigenvalue weighted by molar-refractivity contribution is -0.143. The van der Waals surface area contributed by atoms with Crippen molar-refractivity contribution < 1.29 is 14.3 Å².